The van der Waals surface area contributed by atoms with Crippen molar-refractivity contribution in [2.75, 3.05) is 25.0 Å². The summed E-state index contributed by atoms with van der Waals surface area (Å²) in [5.74, 6) is 0.533. The standard InChI is InChI=1S/C24H23N3O2S2.ClH/c1-2-27-13-12-17-20(14-27)31-24(26-21(28)15-29-16-8-4-3-5-9-16)22(17)23-25-18-10-6-7-11-19(18)30-23;/h3-11H,2,12-15H2,1H3,(H,26,28);1H. The van der Waals surface area contributed by atoms with Gasteiger partial charge in [-0.15, -0.1) is 35.1 Å². The molecule has 0 radical (unpaired) electrons. The number of likely N-dealkylation sites (N-methyl/N-ethyl adjacent to an activating group) is 1. The zero-order valence-corrected chi connectivity index (χ0v) is 20.1. The molecule has 8 heteroatoms. The lowest BCUT2D eigenvalue weighted by Crippen LogP contribution is -2.29. The Hall–Kier alpha value is -2.45. The topological polar surface area (TPSA) is 54.5 Å². The van der Waals surface area contributed by atoms with Crippen molar-refractivity contribution in [1.29, 1.82) is 0 Å². The monoisotopic (exact) mass is 485 g/mol. The lowest BCUT2D eigenvalue weighted by Gasteiger charge is -2.25. The number of benzene rings is 2. The number of carbonyl (C=O) groups excluding carboxylic acids is 1. The fourth-order valence-corrected chi connectivity index (χ4v) is 6.26. The third-order valence-corrected chi connectivity index (χ3v) is 7.64. The largest absolute Gasteiger partial charge is 0.484 e. The number of halogens is 1. The van der Waals surface area contributed by atoms with Crippen LogP contribution in [0, 0.1) is 0 Å². The number of hydrogen-bond donors (Lipinski definition) is 1. The summed E-state index contributed by atoms with van der Waals surface area (Å²) in [6, 6.07) is 17.6. The van der Waals surface area contributed by atoms with Gasteiger partial charge < -0.3 is 10.1 Å². The lowest BCUT2D eigenvalue weighted by molar-refractivity contribution is -0.118. The average molecular weight is 486 g/mol. The van der Waals surface area contributed by atoms with Crippen molar-refractivity contribution in [1.82, 2.24) is 9.88 Å². The lowest BCUT2D eigenvalue weighted by atomic mass is 10.0. The maximum atomic E-state index is 12.7. The molecular formula is C24H24ClN3O2S2. The second kappa shape index (κ2) is 10.0. The van der Waals surface area contributed by atoms with Crippen LogP contribution in [0.5, 0.6) is 5.75 Å². The van der Waals surface area contributed by atoms with E-state index in [-0.39, 0.29) is 24.9 Å². The summed E-state index contributed by atoms with van der Waals surface area (Å²) in [4.78, 5) is 21.4. The first-order chi connectivity index (χ1) is 15.2. The van der Waals surface area contributed by atoms with Gasteiger partial charge in [0.15, 0.2) is 6.61 Å². The number of thiazole rings is 1. The second-order valence-corrected chi connectivity index (χ2v) is 9.60. The van der Waals surface area contributed by atoms with E-state index >= 15 is 0 Å². The summed E-state index contributed by atoms with van der Waals surface area (Å²) in [5, 5.41) is 4.97. The zero-order valence-electron chi connectivity index (χ0n) is 17.7. The molecule has 0 unspecified atom stereocenters. The number of nitrogens with zero attached hydrogens (tertiary/aromatic N) is 2. The number of nitrogens with one attached hydrogen (secondary N) is 1. The molecule has 32 heavy (non-hydrogen) atoms. The Morgan fingerprint density at radius 2 is 1.91 bits per heavy atom. The smallest absolute Gasteiger partial charge is 0.262 e. The number of amides is 1. The Bertz CT molecular complexity index is 1190. The van der Waals surface area contributed by atoms with Crippen LogP contribution in [0.3, 0.4) is 0 Å². The quantitative estimate of drug-likeness (QED) is 0.372. The third-order valence-electron chi connectivity index (χ3n) is 5.46. The molecule has 1 amide bonds. The van der Waals surface area contributed by atoms with Crippen molar-refractivity contribution in [2.45, 2.75) is 19.9 Å². The maximum absolute atomic E-state index is 12.7. The van der Waals surface area contributed by atoms with E-state index < -0.39 is 0 Å². The summed E-state index contributed by atoms with van der Waals surface area (Å²) in [5.41, 5.74) is 3.41. The highest BCUT2D eigenvalue weighted by Crippen LogP contribution is 2.45. The maximum Gasteiger partial charge on any atom is 0.262 e. The molecule has 4 aromatic rings. The number of fused-ring (bicyclic) bond motifs is 2. The minimum Gasteiger partial charge on any atom is -0.484 e. The molecular weight excluding hydrogens is 462 g/mol. The summed E-state index contributed by atoms with van der Waals surface area (Å²) in [7, 11) is 0. The van der Waals surface area contributed by atoms with Crippen molar-refractivity contribution in [3.05, 3.63) is 65.0 Å². The van der Waals surface area contributed by atoms with Crippen molar-refractivity contribution >= 4 is 56.2 Å². The van der Waals surface area contributed by atoms with Gasteiger partial charge in [0.25, 0.3) is 5.91 Å². The Kier molecular flexibility index (Phi) is 7.10. The van der Waals surface area contributed by atoms with Gasteiger partial charge in [-0.25, -0.2) is 4.98 Å². The predicted octanol–water partition coefficient (Wildman–Crippen LogP) is 5.84. The van der Waals surface area contributed by atoms with E-state index in [0.29, 0.717) is 5.75 Å². The molecule has 2 aromatic carbocycles. The number of thiophene rings is 1. The predicted molar refractivity (Wildman–Crippen MR) is 135 cm³/mol. The highest BCUT2D eigenvalue weighted by Gasteiger charge is 2.27. The fourth-order valence-electron chi connectivity index (χ4n) is 3.85. The summed E-state index contributed by atoms with van der Waals surface area (Å²) in [6.07, 6.45) is 0.974. The Morgan fingerprint density at radius 1 is 1.12 bits per heavy atom. The van der Waals surface area contributed by atoms with E-state index in [4.69, 9.17) is 9.72 Å². The normalized spacial score (nSPS) is 13.4. The van der Waals surface area contributed by atoms with Gasteiger partial charge in [-0.05, 0) is 42.8 Å². The molecule has 0 fully saturated rings. The fraction of sp³-hybridized carbons (Fsp3) is 0.250. The van der Waals surface area contributed by atoms with Crippen molar-refractivity contribution in [2.24, 2.45) is 0 Å². The van der Waals surface area contributed by atoms with Crippen LogP contribution in [-0.4, -0.2) is 35.5 Å². The van der Waals surface area contributed by atoms with Gasteiger partial charge in [0.1, 0.15) is 15.8 Å². The molecule has 2 aromatic heterocycles. The molecule has 0 aliphatic carbocycles. The first-order valence-corrected chi connectivity index (χ1v) is 12.0. The molecule has 5 nitrogen and oxygen atoms in total. The van der Waals surface area contributed by atoms with E-state index in [1.165, 1.54) is 10.4 Å². The molecule has 1 aliphatic heterocycles. The van der Waals surface area contributed by atoms with Gasteiger partial charge in [0.05, 0.1) is 10.2 Å². The molecule has 0 saturated heterocycles. The molecule has 0 spiro atoms. The van der Waals surface area contributed by atoms with Gasteiger partial charge in [-0.1, -0.05) is 37.3 Å². The zero-order chi connectivity index (χ0) is 21.2. The van der Waals surface area contributed by atoms with E-state index in [2.05, 4.69) is 23.2 Å². The highest BCUT2D eigenvalue weighted by molar-refractivity contribution is 7.22. The second-order valence-electron chi connectivity index (χ2n) is 7.46. The number of rotatable bonds is 6. The minimum atomic E-state index is -0.155. The van der Waals surface area contributed by atoms with Crippen LogP contribution < -0.4 is 10.1 Å². The average Bonchev–Trinajstić information content (AvgIpc) is 3.38. The number of carbonyl (C=O) groups is 1. The van der Waals surface area contributed by atoms with Crippen molar-refractivity contribution in [3.63, 3.8) is 0 Å². The third kappa shape index (κ3) is 4.66. The minimum absolute atomic E-state index is 0. The van der Waals surface area contributed by atoms with Crippen LogP contribution in [0.2, 0.25) is 0 Å². The Morgan fingerprint density at radius 3 is 2.69 bits per heavy atom. The van der Waals surface area contributed by atoms with E-state index in [1.807, 2.05) is 48.5 Å². The van der Waals surface area contributed by atoms with E-state index in [0.717, 1.165) is 51.8 Å². The molecule has 1 N–H and O–H groups in total. The van der Waals surface area contributed by atoms with Gasteiger partial charge >= 0.3 is 0 Å². The van der Waals surface area contributed by atoms with Crippen LogP contribution in [0.15, 0.2) is 54.6 Å². The van der Waals surface area contributed by atoms with Gasteiger partial charge in [-0.3, -0.25) is 9.69 Å². The summed E-state index contributed by atoms with van der Waals surface area (Å²) < 4.78 is 6.80. The SMILES string of the molecule is CCN1CCc2c(sc(NC(=O)COc3ccccc3)c2-c2nc3ccccc3s2)C1.Cl. The van der Waals surface area contributed by atoms with Crippen molar-refractivity contribution < 1.29 is 9.53 Å². The molecule has 0 atom stereocenters. The molecule has 5 rings (SSSR count). The Balaban J connectivity index is 0.00000245. The van der Waals surface area contributed by atoms with E-state index in [9.17, 15) is 4.79 Å². The molecule has 0 bridgehead atoms. The molecule has 1 aliphatic rings. The first-order valence-electron chi connectivity index (χ1n) is 10.4. The number of hydrogen-bond acceptors (Lipinski definition) is 6. The van der Waals surface area contributed by atoms with Gasteiger partial charge in [0, 0.05) is 23.5 Å². The van der Waals surface area contributed by atoms with E-state index in [1.54, 1.807) is 22.7 Å². The number of para-hydroxylation sites is 2. The summed E-state index contributed by atoms with van der Waals surface area (Å²) >= 11 is 3.36. The number of ether oxygens (including phenoxy) is 1. The van der Waals surface area contributed by atoms with Crippen LogP contribution in [0.25, 0.3) is 20.8 Å². The molecule has 3 heterocycles. The van der Waals surface area contributed by atoms with Crippen LogP contribution in [-0.2, 0) is 17.8 Å². The first kappa shape index (κ1) is 22.7. The van der Waals surface area contributed by atoms with Crippen LogP contribution >= 0.6 is 35.1 Å². The number of anilines is 1. The molecule has 166 valence electrons. The van der Waals surface area contributed by atoms with Crippen LogP contribution in [0.1, 0.15) is 17.4 Å². The highest BCUT2D eigenvalue weighted by atomic mass is 35.5. The summed E-state index contributed by atoms with van der Waals surface area (Å²) in [6.45, 7) is 5.15. The molecule has 0 saturated carbocycles. The number of aromatic nitrogens is 1. The van der Waals surface area contributed by atoms with Crippen LogP contribution in [0.4, 0.5) is 5.00 Å². The van der Waals surface area contributed by atoms with Crippen molar-refractivity contribution in [3.8, 4) is 16.3 Å². The Labute approximate surface area is 201 Å². The van der Waals surface area contributed by atoms with Gasteiger partial charge in [0.2, 0.25) is 0 Å². The van der Waals surface area contributed by atoms with Gasteiger partial charge in [-0.2, -0.15) is 0 Å².